The molecular weight excluding hydrogens is 617 g/mol. The molecule has 3 aromatic carbocycles. The van der Waals surface area contributed by atoms with Crippen LogP contribution in [0.5, 0.6) is 0 Å². The van der Waals surface area contributed by atoms with Crippen molar-refractivity contribution in [2.45, 2.75) is 57.2 Å². The molecule has 0 heterocycles. The fourth-order valence-electron chi connectivity index (χ4n) is 5.18. The van der Waals surface area contributed by atoms with E-state index >= 15 is 0 Å². The largest absolute Gasteiger partial charge is 0.352 e. The number of nitrogens with zero attached hydrogens (tertiary/aromatic N) is 2. The smallest absolute Gasteiger partial charge is 0.244 e. The van der Waals surface area contributed by atoms with Crippen molar-refractivity contribution in [3.8, 4) is 0 Å². The normalized spacial score (nSPS) is 14.7. The Morgan fingerprint density at radius 3 is 2.24 bits per heavy atom. The first-order chi connectivity index (χ1) is 20.0. The van der Waals surface area contributed by atoms with E-state index in [1.54, 1.807) is 36.4 Å². The van der Waals surface area contributed by atoms with Crippen molar-refractivity contribution in [3.05, 3.63) is 99.0 Å². The van der Waals surface area contributed by atoms with E-state index in [4.69, 9.17) is 34.8 Å². The SMILES string of the molecule is CS(=O)(=O)N(CC(=O)N(Cc1ccc(Cl)cc1Cl)C(Cc1ccccc1)C(=O)NC1CCCCC1)c1cccc(Cl)c1. The molecule has 1 aliphatic rings. The van der Waals surface area contributed by atoms with Gasteiger partial charge in [0.1, 0.15) is 12.6 Å². The molecule has 0 spiro atoms. The lowest BCUT2D eigenvalue weighted by atomic mass is 9.94. The van der Waals surface area contributed by atoms with Crippen LogP contribution in [-0.2, 0) is 32.6 Å². The number of nitrogens with one attached hydrogen (secondary N) is 1. The zero-order chi connectivity index (χ0) is 30.3. The topological polar surface area (TPSA) is 86.8 Å². The number of carbonyl (C=O) groups is 2. The van der Waals surface area contributed by atoms with E-state index in [0.717, 1.165) is 48.2 Å². The van der Waals surface area contributed by atoms with Gasteiger partial charge in [0.05, 0.1) is 11.9 Å². The van der Waals surface area contributed by atoms with E-state index in [1.807, 2.05) is 30.3 Å². The molecule has 3 aromatic rings. The number of hydrogen-bond acceptors (Lipinski definition) is 4. The summed E-state index contributed by atoms with van der Waals surface area (Å²) in [5.41, 5.74) is 1.68. The molecule has 1 aliphatic carbocycles. The third-order valence-electron chi connectivity index (χ3n) is 7.35. The van der Waals surface area contributed by atoms with E-state index < -0.39 is 28.5 Å². The van der Waals surface area contributed by atoms with Crippen LogP contribution < -0.4 is 9.62 Å². The molecule has 1 unspecified atom stereocenters. The summed E-state index contributed by atoms with van der Waals surface area (Å²) in [6.45, 7) is -0.566. The van der Waals surface area contributed by atoms with Crippen LogP contribution in [0, 0.1) is 0 Å². The summed E-state index contributed by atoms with van der Waals surface area (Å²) in [5, 5.41) is 4.26. The molecular formula is C31H34Cl3N3O4S. The Kier molecular flexibility index (Phi) is 11.2. The number of amides is 2. The summed E-state index contributed by atoms with van der Waals surface area (Å²) in [6.07, 6.45) is 6.19. The summed E-state index contributed by atoms with van der Waals surface area (Å²) < 4.78 is 26.8. The standard InChI is InChI=1S/C31H34Cl3N3O4S/c1-42(40,41)37(27-14-8-11-24(32)18-27)21-30(38)36(20-23-15-16-25(33)19-28(23)34)29(17-22-9-4-2-5-10-22)31(39)35-26-12-6-3-7-13-26/h2,4-5,8-11,14-16,18-19,26,29H,3,6-7,12-13,17,20-21H2,1H3,(H,35,39). The van der Waals surface area contributed by atoms with Gasteiger partial charge in [-0.25, -0.2) is 8.42 Å². The highest BCUT2D eigenvalue weighted by Crippen LogP contribution is 2.26. The zero-order valence-electron chi connectivity index (χ0n) is 23.3. The maximum Gasteiger partial charge on any atom is 0.244 e. The molecule has 2 amide bonds. The summed E-state index contributed by atoms with van der Waals surface area (Å²) in [4.78, 5) is 29.6. The Hall–Kier alpha value is -2.78. The van der Waals surface area contributed by atoms with Gasteiger partial charge >= 0.3 is 0 Å². The van der Waals surface area contributed by atoms with E-state index in [9.17, 15) is 18.0 Å². The summed E-state index contributed by atoms with van der Waals surface area (Å²) in [6, 6.07) is 19.7. The lowest BCUT2D eigenvalue weighted by Gasteiger charge is -2.35. The number of benzene rings is 3. The molecule has 0 aliphatic heterocycles. The maximum absolute atomic E-state index is 14.2. The second-order valence-corrected chi connectivity index (χ2v) is 13.7. The number of hydrogen-bond donors (Lipinski definition) is 1. The Morgan fingerprint density at radius 1 is 0.905 bits per heavy atom. The first-order valence-electron chi connectivity index (χ1n) is 13.8. The van der Waals surface area contributed by atoms with Gasteiger partial charge in [-0.1, -0.05) is 96.5 Å². The molecule has 11 heteroatoms. The van der Waals surface area contributed by atoms with Crippen LogP contribution in [0.3, 0.4) is 0 Å². The maximum atomic E-state index is 14.2. The quantitative estimate of drug-likeness (QED) is 0.257. The number of carbonyl (C=O) groups excluding carboxylic acids is 2. The van der Waals surface area contributed by atoms with Gasteiger partial charge in [0.2, 0.25) is 21.8 Å². The van der Waals surface area contributed by atoms with Crippen LogP contribution >= 0.6 is 34.8 Å². The van der Waals surface area contributed by atoms with Crippen molar-refractivity contribution in [2.75, 3.05) is 17.1 Å². The third-order valence-corrected chi connectivity index (χ3v) is 9.32. The fraction of sp³-hybridized carbons (Fsp3) is 0.355. The Bertz CT molecular complexity index is 1500. The second kappa shape index (κ2) is 14.6. The van der Waals surface area contributed by atoms with E-state index in [2.05, 4.69) is 5.32 Å². The van der Waals surface area contributed by atoms with Gasteiger partial charge in [0.15, 0.2) is 0 Å². The first kappa shape index (κ1) is 32.1. The molecule has 224 valence electrons. The van der Waals surface area contributed by atoms with Gasteiger partial charge in [-0.3, -0.25) is 13.9 Å². The molecule has 1 fully saturated rings. The first-order valence-corrected chi connectivity index (χ1v) is 16.8. The Morgan fingerprint density at radius 2 is 1.60 bits per heavy atom. The molecule has 0 saturated heterocycles. The zero-order valence-corrected chi connectivity index (χ0v) is 26.4. The van der Waals surface area contributed by atoms with Crippen LogP contribution in [0.15, 0.2) is 72.8 Å². The predicted molar refractivity (Wildman–Crippen MR) is 170 cm³/mol. The third kappa shape index (κ3) is 8.86. The Balaban J connectivity index is 1.74. The average molecular weight is 651 g/mol. The van der Waals surface area contributed by atoms with E-state index in [0.29, 0.717) is 20.6 Å². The molecule has 42 heavy (non-hydrogen) atoms. The highest BCUT2D eigenvalue weighted by Gasteiger charge is 2.34. The summed E-state index contributed by atoms with van der Waals surface area (Å²) in [5.74, 6) is -0.857. The molecule has 1 saturated carbocycles. The fourth-order valence-corrected chi connectivity index (χ4v) is 6.67. The Labute approximate surface area is 262 Å². The van der Waals surface area contributed by atoms with Crippen LogP contribution in [0.2, 0.25) is 15.1 Å². The minimum atomic E-state index is -3.89. The number of halogens is 3. The van der Waals surface area contributed by atoms with Gasteiger partial charge in [0.25, 0.3) is 0 Å². The predicted octanol–water partition coefficient (Wildman–Crippen LogP) is 6.50. The molecule has 0 bridgehead atoms. The van der Waals surface area contributed by atoms with E-state index in [1.165, 1.54) is 11.0 Å². The van der Waals surface area contributed by atoms with Gasteiger partial charge in [0, 0.05) is 34.1 Å². The van der Waals surface area contributed by atoms with Crippen LogP contribution in [-0.4, -0.2) is 50.0 Å². The van der Waals surface area contributed by atoms with Gasteiger partial charge < -0.3 is 10.2 Å². The van der Waals surface area contributed by atoms with Crippen LogP contribution in [0.1, 0.15) is 43.2 Å². The van der Waals surface area contributed by atoms with Crippen molar-refractivity contribution in [3.63, 3.8) is 0 Å². The van der Waals surface area contributed by atoms with Crippen molar-refractivity contribution in [1.82, 2.24) is 10.2 Å². The monoisotopic (exact) mass is 649 g/mol. The van der Waals surface area contributed by atoms with Crippen molar-refractivity contribution >= 4 is 62.3 Å². The molecule has 7 nitrogen and oxygen atoms in total. The minimum Gasteiger partial charge on any atom is -0.352 e. The molecule has 0 aromatic heterocycles. The van der Waals surface area contributed by atoms with Crippen LogP contribution in [0.25, 0.3) is 0 Å². The molecule has 1 N–H and O–H groups in total. The minimum absolute atomic E-state index is 0.0135. The molecule has 1 atom stereocenters. The lowest BCUT2D eigenvalue weighted by Crippen LogP contribution is -2.55. The van der Waals surface area contributed by atoms with Gasteiger partial charge in [-0.2, -0.15) is 0 Å². The molecule has 0 radical (unpaired) electrons. The van der Waals surface area contributed by atoms with Crippen molar-refractivity contribution in [2.24, 2.45) is 0 Å². The number of rotatable bonds is 11. The lowest BCUT2D eigenvalue weighted by molar-refractivity contribution is -0.140. The van der Waals surface area contributed by atoms with Crippen molar-refractivity contribution in [1.29, 1.82) is 0 Å². The molecule has 4 rings (SSSR count). The highest BCUT2D eigenvalue weighted by atomic mass is 35.5. The van der Waals surface area contributed by atoms with E-state index in [-0.39, 0.29) is 30.6 Å². The van der Waals surface area contributed by atoms with Gasteiger partial charge in [-0.05, 0) is 54.3 Å². The average Bonchev–Trinajstić information content (AvgIpc) is 2.95. The van der Waals surface area contributed by atoms with Crippen LogP contribution in [0.4, 0.5) is 5.69 Å². The second-order valence-electron chi connectivity index (χ2n) is 10.6. The summed E-state index contributed by atoms with van der Waals surface area (Å²) >= 11 is 18.8. The van der Waals surface area contributed by atoms with Crippen molar-refractivity contribution < 1.29 is 18.0 Å². The van der Waals surface area contributed by atoms with Gasteiger partial charge in [-0.15, -0.1) is 0 Å². The highest BCUT2D eigenvalue weighted by molar-refractivity contribution is 7.92. The summed E-state index contributed by atoms with van der Waals surface area (Å²) in [7, 11) is -3.89. The number of anilines is 1. The number of sulfonamides is 1.